The SMILES string of the molecule is CNC1=C(N)CN(C)C=C1. The fraction of sp³-hybridized carbons (Fsp3) is 0.429. The van der Waals surface area contributed by atoms with E-state index in [2.05, 4.69) is 5.32 Å². The molecule has 0 unspecified atom stereocenters. The summed E-state index contributed by atoms with van der Waals surface area (Å²) in [5.74, 6) is 0. The molecule has 0 saturated carbocycles. The van der Waals surface area contributed by atoms with Crippen LogP contribution in [0.1, 0.15) is 0 Å². The maximum Gasteiger partial charge on any atom is 0.0586 e. The highest BCUT2D eigenvalue weighted by atomic mass is 15.1. The van der Waals surface area contributed by atoms with Crippen LogP contribution in [0.3, 0.4) is 0 Å². The molecular formula is C7H13N3. The van der Waals surface area contributed by atoms with E-state index in [-0.39, 0.29) is 0 Å². The van der Waals surface area contributed by atoms with E-state index < -0.39 is 0 Å². The van der Waals surface area contributed by atoms with Crippen molar-refractivity contribution in [2.75, 3.05) is 20.6 Å². The van der Waals surface area contributed by atoms with Gasteiger partial charge >= 0.3 is 0 Å². The molecule has 0 amide bonds. The van der Waals surface area contributed by atoms with Crippen LogP contribution in [-0.4, -0.2) is 25.5 Å². The predicted octanol–water partition coefficient (Wildman–Crippen LogP) is -0.165. The number of nitrogens with zero attached hydrogens (tertiary/aromatic N) is 1. The Morgan fingerprint density at radius 2 is 2.40 bits per heavy atom. The van der Waals surface area contributed by atoms with Crippen molar-refractivity contribution in [2.24, 2.45) is 5.73 Å². The Hall–Kier alpha value is -1.12. The molecule has 0 aliphatic carbocycles. The second kappa shape index (κ2) is 2.64. The van der Waals surface area contributed by atoms with Gasteiger partial charge in [-0.1, -0.05) is 0 Å². The zero-order chi connectivity index (χ0) is 7.56. The van der Waals surface area contributed by atoms with E-state index in [1.165, 1.54) is 0 Å². The van der Waals surface area contributed by atoms with Gasteiger partial charge in [0.15, 0.2) is 0 Å². The zero-order valence-corrected chi connectivity index (χ0v) is 6.39. The molecule has 0 aromatic heterocycles. The first-order valence-corrected chi connectivity index (χ1v) is 3.29. The quantitative estimate of drug-likeness (QED) is 0.530. The van der Waals surface area contributed by atoms with Crippen molar-refractivity contribution in [1.29, 1.82) is 0 Å². The van der Waals surface area contributed by atoms with E-state index in [9.17, 15) is 0 Å². The monoisotopic (exact) mass is 139 g/mol. The minimum absolute atomic E-state index is 0.812. The molecule has 0 aromatic carbocycles. The zero-order valence-electron chi connectivity index (χ0n) is 6.39. The summed E-state index contributed by atoms with van der Waals surface area (Å²) >= 11 is 0. The fourth-order valence-corrected chi connectivity index (χ4v) is 0.959. The van der Waals surface area contributed by atoms with Gasteiger partial charge in [0.25, 0.3) is 0 Å². The van der Waals surface area contributed by atoms with Gasteiger partial charge in [-0.2, -0.15) is 0 Å². The molecule has 10 heavy (non-hydrogen) atoms. The van der Waals surface area contributed by atoms with E-state index in [1.807, 2.05) is 31.3 Å². The molecule has 0 atom stereocenters. The van der Waals surface area contributed by atoms with Crippen LogP contribution in [0.25, 0.3) is 0 Å². The molecule has 0 spiro atoms. The number of rotatable bonds is 1. The van der Waals surface area contributed by atoms with Gasteiger partial charge in [0, 0.05) is 20.3 Å². The molecule has 3 heteroatoms. The van der Waals surface area contributed by atoms with Crippen LogP contribution in [0.2, 0.25) is 0 Å². The van der Waals surface area contributed by atoms with Crippen molar-refractivity contribution in [2.45, 2.75) is 0 Å². The van der Waals surface area contributed by atoms with E-state index in [1.54, 1.807) is 0 Å². The minimum atomic E-state index is 0.812. The summed E-state index contributed by atoms with van der Waals surface area (Å²) in [6.07, 6.45) is 3.97. The average molecular weight is 139 g/mol. The summed E-state index contributed by atoms with van der Waals surface area (Å²) in [5, 5.41) is 3.02. The summed E-state index contributed by atoms with van der Waals surface area (Å²) in [4.78, 5) is 2.04. The summed E-state index contributed by atoms with van der Waals surface area (Å²) in [7, 11) is 3.87. The van der Waals surface area contributed by atoms with Crippen molar-refractivity contribution in [3.05, 3.63) is 23.7 Å². The molecule has 0 fully saturated rings. The average Bonchev–Trinajstić information content (AvgIpc) is 1.88. The van der Waals surface area contributed by atoms with Gasteiger partial charge < -0.3 is 16.0 Å². The van der Waals surface area contributed by atoms with E-state index in [4.69, 9.17) is 5.73 Å². The van der Waals surface area contributed by atoms with Crippen LogP contribution in [0.4, 0.5) is 0 Å². The third-order valence-electron chi connectivity index (χ3n) is 1.53. The Labute approximate surface area is 61.2 Å². The molecule has 0 radical (unpaired) electrons. The maximum atomic E-state index is 5.70. The molecule has 1 rings (SSSR count). The highest BCUT2D eigenvalue weighted by molar-refractivity contribution is 5.26. The summed E-state index contributed by atoms with van der Waals surface area (Å²) in [6, 6.07) is 0. The van der Waals surface area contributed by atoms with Crippen LogP contribution in [0.5, 0.6) is 0 Å². The first kappa shape index (κ1) is 6.99. The molecule has 0 aromatic rings. The summed E-state index contributed by atoms with van der Waals surface area (Å²) in [6.45, 7) is 0.812. The van der Waals surface area contributed by atoms with E-state index >= 15 is 0 Å². The lowest BCUT2D eigenvalue weighted by Crippen LogP contribution is -2.26. The standard InChI is InChI=1S/C7H13N3/c1-9-7-3-4-10(2)5-6(7)8/h3-4,9H,5,8H2,1-2H3. The number of hydrogen-bond donors (Lipinski definition) is 2. The first-order chi connectivity index (χ1) is 4.74. The van der Waals surface area contributed by atoms with Crippen molar-refractivity contribution in [1.82, 2.24) is 10.2 Å². The molecule has 1 heterocycles. The van der Waals surface area contributed by atoms with Gasteiger partial charge in [-0.05, 0) is 6.08 Å². The van der Waals surface area contributed by atoms with Gasteiger partial charge in [0.1, 0.15) is 0 Å². The lowest BCUT2D eigenvalue weighted by atomic mass is 10.2. The van der Waals surface area contributed by atoms with Crippen molar-refractivity contribution >= 4 is 0 Å². The van der Waals surface area contributed by atoms with Gasteiger partial charge in [-0.25, -0.2) is 0 Å². The van der Waals surface area contributed by atoms with Gasteiger partial charge in [-0.15, -0.1) is 0 Å². The summed E-state index contributed by atoms with van der Waals surface area (Å²) in [5.41, 5.74) is 7.63. The number of allylic oxidation sites excluding steroid dienone is 1. The molecule has 0 bridgehead atoms. The topological polar surface area (TPSA) is 41.3 Å². The molecule has 1 aliphatic heterocycles. The highest BCUT2D eigenvalue weighted by Gasteiger charge is 2.04. The third-order valence-corrected chi connectivity index (χ3v) is 1.53. The molecular weight excluding hydrogens is 126 g/mol. The Morgan fingerprint density at radius 1 is 1.70 bits per heavy atom. The molecule has 3 N–H and O–H groups in total. The largest absolute Gasteiger partial charge is 0.399 e. The molecule has 1 aliphatic rings. The Kier molecular flexibility index (Phi) is 1.85. The van der Waals surface area contributed by atoms with Crippen LogP contribution in [0.15, 0.2) is 23.7 Å². The van der Waals surface area contributed by atoms with Crippen molar-refractivity contribution in [3.8, 4) is 0 Å². The number of likely N-dealkylation sites (N-methyl/N-ethyl adjacent to an activating group) is 2. The Bertz CT molecular complexity index is 181. The van der Waals surface area contributed by atoms with Crippen LogP contribution in [-0.2, 0) is 0 Å². The Morgan fingerprint density at radius 3 is 2.90 bits per heavy atom. The lowest BCUT2D eigenvalue weighted by molar-refractivity contribution is 0.482. The third kappa shape index (κ3) is 1.23. The van der Waals surface area contributed by atoms with Crippen LogP contribution in [0, 0.1) is 0 Å². The van der Waals surface area contributed by atoms with Gasteiger partial charge in [0.05, 0.1) is 17.9 Å². The second-order valence-corrected chi connectivity index (χ2v) is 2.42. The molecule has 56 valence electrons. The highest BCUT2D eigenvalue weighted by Crippen LogP contribution is 2.05. The molecule has 3 nitrogen and oxygen atoms in total. The minimum Gasteiger partial charge on any atom is -0.399 e. The normalized spacial score (nSPS) is 18.0. The predicted molar refractivity (Wildman–Crippen MR) is 42.0 cm³/mol. The second-order valence-electron chi connectivity index (χ2n) is 2.42. The fourth-order valence-electron chi connectivity index (χ4n) is 0.959. The number of hydrogen-bond acceptors (Lipinski definition) is 3. The van der Waals surface area contributed by atoms with E-state index in [0.717, 1.165) is 17.9 Å². The van der Waals surface area contributed by atoms with Crippen molar-refractivity contribution in [3.63, 3.8) is 0 Å². The Balaban J connectivity index is 2.73. The summed E-state index contributed by atoms with van der Waals surface area (Å²) < 4.78 is 0. The van der Waals surface area contributed by atoms with Crippen molar-refractivity contribution < 1.29 is 0 Å². The number of nitrogens with two attached hydrogens (primary N) is 1. The van der Waals surface area contributed by atoms with Crippen LogP contribution >= 0.6 is 0 Å². The van der Waals surface area contributed by atoms with Gasteiger partial charge in [-0.3, -0.25) is 0 Å². The lowest BCUT2D eigenvalue weighted by Gasteiger charge is -2.20. The number of nitrogens with one attached hydrogen (secondary N) is 1. The van der Waals surface area contributed by atoms with E-state index in [0.29, 0.717) is 0 Å². The van der Waals surface area contributed by atoms with Crippen LogP contribution < -0.4 is 11.1 Å². The smallest absolute Gasteiger partial charge is 0.0586 e. The maximum absolute atomic E-state index is 5.70. The van der Waals surface area contributed by atoms with Gasteiger partial charge in [0.2, 0.25) is 0 Å². The molecule has 0 saturated heterocycles. The first-order valence-electron chi connectivity index (χ1n) is 3.29.